The Morgan fingerprint density at radius 1 is 1.10 bits per heavy atom. The number of methoxy groups -OCH3 is 1. The van der Waals surface area contributed by atoms with Crippen LogP contribution in [0.2, 0.25) is 5.02 Å². The Labute approximate surface area is 173 Å². The highest BCUT2D eigenvalue weighted by Crippen LogP contribution is 2.37. The van der Waals surface area contributed by atoms with Crippen molar-refractivity contribution in [3.8, 4) is 11.1 Å². The molecule has 0 aliphatic carbocycles. The topological polar surface area (TPSA) is 64.2 Å². The molecule has 2 heterocycles. The molecule has 2 aromatic heterocycles. The van der Waals surface area contributed by atoms with Crippen LogP contribution < -0.4 is 0 Å². The van der Waals surface area contributed by atoms with Gasteiger partial charge in [-0.2, -0.15) is 0 Å². The first-order valence-electron chi connectivity index (χ1n) is 9.37. The van der Waals surface area contributed by atoms with Gasteiger partial charge in [0.15, 0.2) is 5.69 Å². The Balaban J connectivity index is 2.04. The normalized spacial score (nSPS) is 11.5. The number of nitrogens with one attached hydrogen (secondary N) is 1. The lowest BCUT2D eigenvalue weighted by atomic mass is 9.97. The molecule has 0 amide bonds. The van der Waals surface area contributed by atoms with Gasteiger partial charge in [-0.25, -0.2) is 9.78 Å². The number of aromatic amines is 1. The maximum Gasteiger partial charge on any atom is 0.357 e. The van der Waals surface area contributed by atoms with Crippen LogP contribution in [0.3, 0.4) is 0 Å². The number of carbonyl (C=O) groups is 1. The minimum absolute atomic E-state index is 0.233. The van der Waals surface area contributed by atoms with Crippen LogP contribution in [-0.4, -0.2) is 29.2 Å². The van der Waals surface area contributed by atoms with Crippen LogP contribution in [-0.2, 0) is 16.1 Å². The summed E-state index contributed by atoms with van der Waals surface area (Å²) in [5.74, 6) is -0.452. The van der Waals surface area contributed by atoms with Gasteiger partial charge in [-0.1, -0.05) is 35.9 Å². The summed E-state index contributed by atoms with van der Waals surface area (Å²) in [7, 11) is 1.60. The lowest BCUT2D eigenvalue weighted by Crippen LogP contribution is -2.15. The molecular weight excluding hydrogens is 388 g/mol. The minimum atomic E-state index is -0.452. The summed E-state index contributed by atoms with van der Waals surface area (Å²) in [4.78, 5) is 20.5. The smallest absolute Gasteiger partial charge is 0.357 e. The number of H-pyrrole nitrogens is 1. The van der Waals surface area contributed by atoms with Gasteiger partial charge in [0.25, 0.3) is 0 Å². The van der Waals surface area contributed by atoms with E-state index in [1.54, 1.807) is 13.3 Å². The van der Waals surface area contributed by atoms with Crippen molar-refractivity contribution in [2.24, 2.45) is 0 Å². The van der Waals surface area contributed by atoms with Gasteiger partial charge in [-0.05, 0) is 43.2 Å². The minimum Gasteiger partial charge on any atom is -0.458 e. The van der Waals surface area contributed by atoms with E-state index in [1.165, 1.54) is 0 Å². The fourth-order valence-corrected chi connectivity index (χ4v) is 3.73. The molecule has 0 saturated heterocycles. The second-order valence-corrected chi connectivity index (χ2v) is 7.56. The Morgan fingerprint density at radius 3 is 2.55 bits per heavy atom. The summed E-state index contributed by atoms with van der Waals surface area (Å²) in [5, 5.41) is 2.61. The monoisotopic (exact) mass is 408 g/mol. The van der Waals surface area contributed by atoms with Gasteiger partial charge in [0.05, 0.1) is 24.4 Å². The molecule has 0 aliphatic heterocycles. The molecule has 29 heavy (non-hydrogen) atoms. The average molecular weight is 409 g/mol. The molecule has 5 nitrogen and oxygen atoms in total. The molecule has 148 valence electrons. The molecular formula is C23H21ClN2O3. The summed E-state index contributed by atoms with van der Waals surface area (Å²) < 4.78 is 10.8. The van der Waals surface area contributed by atoms with Gasteiger partial charge >= 0.3 is 5.97 Å². The molecule has 6 heteroatoms. The van der Waals surface area contributed by atoms with Crippen LogP contribution in [0, 0.1) is 0 Å². The molecule has 0 aliphatic rings. The molecule has 0 spiro atoms. The molecule has 0 radical (unpaired) electrons. The van der Waals surface area contributed by atoms with E-state index >= 15 is 0 Å². The Kier molecular flexibility index (Phi) is 5.26. The number of ether oxygens (including phenoxy) is 2. The lowest BCUT2D eigenvalue weighted by molar-refractivity contribution is 0.0366. The maximum atomic E-state index is 12.7. The average Bonchev–Trinajstić information content (AvgIpc) is 3.07. The maximum absolute atomic E-state index is 12.7. The van der Waals surface area contributed by atoms with Gasteiger partial charge in [-0.15, -0.1) is 0 Å². The van der Waals surface area contributed by atoms with E-state index in [2.05, 4.69) is 16.0 Å². The molecule has 0 atom stereocenters. The van der Waals surface area contributed by atoms with E-state index in [-0.39, 0.29) is 18.4 Å². The molecule has 2 aromatic carbocycles. The molecule has 1 N–H and O–H groups in total. The molecule has 0 bridgehead atoms. The molecule has 4 aromatic rings. The first kappa shape index (κ1) is 19.4. The van der Waals surface area contributed by atoms with Gasteiger partial charge in [0.2, 0.25) is 0 Å². The number of benzene rings is 2. The highest BCUT2D eigenvalue weighted by Gasteiger charge is 2.22. The molecule has 0 fully saturated rings. The van der Waals surface area contributed by atoms with Crippen LogP contribution in [0.15, 0.2) is 48.7 Å². The number of aromatic nitrogens is 2. The van der Waals surface area contributed by atoms with Crippen molar-refractivity contribution in [2.45, 2.75) is 26.6 Å². The van der Waals surface area contributed by atoms with E-state index in [0.717, 1.165) is 32.9 Å². The number of rotatable bonds is 5. The summed E-state index contributed by atoms with van der Waals surface area (Å²) >= 11 is 6.07. The van der Waals surface area contributed by atoms with Gasteiger partial charge in [0, 0.05) is 34.0 Å². The second kappa shape index (κ2) is 7.85. The summed E-state index contributed by atoms with van der Waals surface area (Å²) in [6.07, 6.45) is 1.44. The third-order valence-corrected chi connectivity index (χ3v) is 5.00. The quantitative estimate of drug-likeness (QED) is 0.427. The Hall–Kier alpha value is -2.89. The van der Waals surface area contributed by atoms with Crippen molar-refractivity contribution in [1.82, 2.24) is 9.97 Å². The number of pyridine rings is 1. The van der Waals surface area contributed by atoms with Crippen molar-refractivity contribution in [3.05, 3.63) is 64.9 Å². The summed E-state index contributed by atoms with van der Waals surface area (Å²) in [5.41, 5.74) is 4.86. The van der Waals surface area contributed by atoms with Crippen LogP contribution in [0.5, 0.6) is 0 Å². The fraction of sp³-hybridized carbons (Fsp3) is 0.217. The SMILES string of the molecule is COCc1c(C(=O)OC(C)C)ncc2[nH]c3cccc(-c4ccc(Cl)cc4)c3c12. The zero-order chi connectivity index (χ0) is 20.5. The summed E-state index contributed by atoms with van der Waals surface area (Å²) in [6.45, 7) is 3.88. The Morgan fingerprint density at radius 2 is 1.86 bits per heavy atom. The first-order valence-corrected chi connectivity index (χ1v) is 9.75. The third kappa shape index (κ3) is 3.59. The second-order valence-electron chi connectivity index (χ2n) is 7.12. The van der Waals surface area contributed by atoms with E-state index in [0.29, 0.717) is 10.6 Å². The van der Waals surface area contributed by atoms with Crippen molar-refractivity contribution in [2.75, 3.05) is 7.11 Å². The number of carbonyl (C=O) groups excluding carboxylic acids is 1. The summed E-state index contributed by atoms with van der Waals surface area (Å²) in [6, 6.07) is 13.8. The number of halogens is 1. The highest BCUT2D eigenvalue weighted by atomic mass is 35.5. The van der Waals surface area contributed by atoms with Crippen LogP contribution in [0.4, 0.5) is 0 Å². The number of hydrogen-bond donors (Lipinski definition) is 1. The number of fused-ring (bicyclic) bond motifs is 3. The fourth-order valence-electron chi connectivity index (χ4n) is 3.60. The lowest BCUT2D eigenvalue weighted by Gasteiger charge is -2.12. The van der Waals surface area contributed by atoms with Gasteiger partial charge in [0.1, 0.15) is 0 Å². The zero-order valence-electron chi connectivity index (χ0n) is 16.5. The largest absolute Gasteiger partial charge is 0.458 e. The van der Waals surface area contributed by atoms with Crippen molar-refractivity contribution < 1.29 is 14.3 Å². The van der Waals surface area contributed by atoms with Crippen molar-refractivity contribution >= 4 is 39.4 Å². The van der Waals surface area contributed by atoms with Crippen LogP contribution in [0.25, 0.3) is 32.9 Å². The number of esters is 1. The zero-order valence-corrected chi connectivity index (χ0v) is 17.2. The van der Waals surface area contributed by atoms with Crippen LogP contribution in [0.1, 0.15) is 29.9 Å². The Bertz CT molecular complexity index is 1200. The van der Waals surface area contributed by atoms with Crippen LogP contribution >= 0.6 is 11.6 Å². The molecule has 0 unspecified atom stereocenters. The van der Waals surface area contributed by atoms with Gasteiger partial charge in [-0.3, -0.25) is 0 Å². The van der Waals surface area contributed by atoms with E-state index in [1.807, 2.05) is 50.2 Å². The number of nitrogens with zero attached hydrogens (tertiary/aromatic N) is 1. The van der Waals surface area contributed by atoms with Crippen molar-refractivity contribution in [3.63, 3.8) is 0 Å². The molecule has 4 rings (SSSR count). The van der Waals surface area contributed by atoms with Gasteiger partial charge < -0.3 is 14.5 Å². The third-order valence-electron chi connectivity index (χ3n) is 4.74. The standard InChI is InChI=1S/C23H21ClN2O3/c1-13(2)29-23(27)22-17(12-28-3)21-19(11-25-22)26-18-6-4-5-16(20(18)21)14-7-9-15(24)10-8-14/h4-11,13,26H,12H2,1-3H3. The predicted molar refractivity (Wildman–Crippen MR) is 115 cm³/mol. The van der Waals surface area contributed by atoms with E-state index < -0.39 is 5.97 Å². The highest BCUT2D eigenvalue weighted by molar-refractivity contribution is 6.30. The molecule has 0 saturated carbocycles. The first-order chi connectivity index (χ1) is 14.0. The number of hydrogen-bond acceptors (Lipinski definition) is 4. The van der Waals surface area contributed by atoms with E-state index in [9.17, 15) is 4.79 Å². The van der Waals surface area contributed by atoms with E-state index in [4.69, 9.17) is 21.1 Å². The predicted octanol–water partition coefficient (Wildman–Crippen LogP) is 5.75. The van der Waals surface area contributed by atoms with Crippen molar-refractivity contribution in [1.29, 1.82) is 0 Å².